The summed E-state index contributed by atoms with van der Waals surface area (Å²) in [5.74, 6) is -0.471. The van der Waals surface area contributed by atoms with Crippen LogP contribution in [0.25, 0.3) is 0 Å². The van der Waals surface area contributed by atoms with Gasteiger partial charge in [0.1, 0.15) is 11.6 Å². The molecular weight excluding hydrogens is 322 g/mol. The third kappa shape index (κ3) is 3.45. The molecule has 0 amide bonds. The second-order valence-corrected chi connectivity index (χ2v) is 6.25. The van der Waals surface area contributed by atoms with Crippen LogP contribution in [-0.2, 0) is 6.42 Å². The SMILES string of the molecule is CC(C)Cc1ccc(C(Br)c2c(F)cccc2F)cc1. The quantitative estimate of drug-likeness (QED) is 0.632. The van der Waals surface area contributed by atoms with Crippen molar-refractivity contribution in [1.82, 2.24) is 0 Å². The van der Waals surface area contributed by atoms with E-state index in [9.17, 15) is 8.78 Å². The molecule has 0 N–H and O–H groups in total. The molecule has 3 heteroatoms. The number of hydrogen-bond donors (Lipinski definition) is 0. The van der Waals surface area contributed by atoms with Gasteiger partial charge in [-0.05, 0) is 35.6 Å². The summed E-state index contributed by atoms with van der Waals surface area (Å²) in [4.78, 5) is -0.475. The molecule has 0 aliphatic rings. The lowest BCUT2D eigenvalue weighted by Crippen LogP contribution is -2.01. The van der Waals surface area contributed by atoms with E-state index in [1.54, 1.807) is 0 Å². The Hall–Kier alpha value is -1.22. The van der Waals surface area contributed by atoms with E-state index in [0.29, 0.717) is 5.92 Å². The third-order valence-electron chi connectivity index (χ3n) is 3.17. The Morgan fingerprint density at radius 3 is 2.00 bits per heavy atom. The topological polar surface area (TPSA) is 0 Å². The van der Waals surface area contributed by atoms with Crippen LogP contribution >= 0.6 is 15.9 Å². The molecule has 2 rings (SSSR count). The summed E-state index contributed by atoms with van der Waals surface area (Å²) in [6, 6.07) is 11.8. The molecule has 2 aromatic rings. The molecule has 0 aliphatic carbocycles. The first-order chi connectivity index (χ1) is 9.49. The molecule has 20 heavy (non-hydrogen) atoms. The lowest BCUT2D eigenvalue weighted by Gasteiger charge is -2.14. The number of benzene rings is 2. The zero-order chi connectivity index (χ0) is 14.7. The van der Waals surface area contributed by atoms with Gasteiger partial charge < -0.3 is 0 Å². The van der Waals surface area contributed by atoms with Gasteiger partial charge in [-0.1, -0.05) is 60.1 Å². The molecule has 1 atom stereocenters. The van der Waals surface area contributed by atoms with Crippen molar-refractivity contribution in [1.29, 1.82) is 0 Å². The van der Waals surface area contributed by atoms with Crippen LogP contribution in [0.4, 0.5) is 8.78 Å². The standard InChI is InChI=1S/C17H17BrF2/c1-11(2)10-12-6-8-13(9-7-12)17(18)16-14(19)4-3-5-15(16)20/h3-9,11,17H,10H2,1-2H3. The molecule has 0 fully saturated rings. The molecule has 106 valence electrons. The van der Waals surface area contributed by atoms with Gasteiger partial charge in [0.15, 0.2) is 0 Å². The van der Waals surface area contributed by atoms with Gasteiger partial charge in [0.25, 0.3) is 0 Å². The molecular formula is C17H17BrF2. The molecule has 0 radical (unpaired) electrons. The van der Waals surface area contributed by atoms with Crippen molar-refractivity contribution in [2.75, 3.05) is 0 Å². The maximum atomic E-state index is 13.8. The minimum atomic E-state index is -0.530. The fraction of sp³-hybridized carbons (Fsp3) is 0.294. The lowest BCUT2D eigenvalue weighted by atomic mass is 9.99. The minimum Gasteiger partial charge on any atom is -0.207 e. The molecule has 0 nitrogen and oxygen atoms in total. The van der Waals surface area contributed by atoms with Crippen LogP contribution in [0.2, 0.25) is 0 Å². The average Bonchev–Trinajstić information content (AvgIpc) is 2.38. The predicted octanol–water partition coefficient (Wildman–Crippen LogP) is 5.65. The first-order valence-electron chi connectivity index (χ1n) is 6.66. The second kappa shape index (κ2) is 6.49. The van der Waals surface area contributed by atoms with E-state index < -0.39 is 16.5 Å². The first-order valence-corrected chi connectivity index (χ1v) is 7.57. The van der Waals surface area contributed by atoms with Crippen molar-refractivity contribution in [3.8, 4) is 0 Å². The van der Waals surface area contributed by atoms with E-state index in [2.05, 4.69) is 29.8 Å². The smallest absolute Gasteiger partial charge is 0.130 e. The summed E-state index contributed by atoms with van der Waals surface area (Å²) in [5, 5.41) is 0. The fourth-order valence-corrected chi connectivity index (χ4v) is 2.96. The fourth-order valence-electron chi connectivity index (χ4n) is 2.21. The monoisotopic (exact) mass is 338 g/mol. The van der Waals surface area contributed by atoms with Crippen molar-refractivity contribution in [3.05, 3.63) is 70.8 Å². The van der Waals surface area contributed by atoms with Crippen molar-refractivity contribution in [2.24, 2.45) is 5.92 Å². The highest BCUT2D eigenvalue weighted by atomic mass is 79.9. The van der Waals surface area contributed by atoms with Crippen molar-refractivity contribution in [2.45, 2.75) is 25.1 Å². The first kappa shape index (κ1) is 15.2. The molecule has 0 saturated carbocycles. The molecule has 0 bridgehead atoms. The van der Waals surface area contributed by atoms with E-state index in [4.69, 9.17) is 0 Å². The largest absolute Gasteiger partial charge is 0.207 e. The number of rotatable bonds is 4. The highest BCUT2D eigenvalue weighted by Crippen LogP contribution is 2.34. The minimum absolute atomic E-state index is 0.0594. The van der Waals surface area contributed by atoms with Gasteiger partial charge in [-0.2, -0.15) is 0 Å². The van der Waals surface area contributed by atoms with E-state index in [-0.39, 0.29) is 5.56 Å². The zero-order valence-corrected chi connectivity index (χ0v) is 13.1. The van der Waals surface area contributed by atoms with E-state index in [1.807, 2.05) is 24.3 Å². The number of halogens is 3. The maximum Gasteiger partial charge on any atom is 0.130 e. The number of alkyl halides is 1. The molecule has 0 aromatic heterocycles. The van der Waals surface area contributed by atoms with Crippen LogP contribution in [0.3, 0.4) is 0 Å². The molecule has 2 aromatic carbocycles. The Morgan fingerprint density at radius 1 is 0.950 bits per heavy atom. The third-order valence-corrected chi connectivity index (χ3v) is 4.16. The zero-order valence-electron chi connectivity index (χ0n) is 11.5. The Labute approximate surface area is 127 Å². The second-order valence-electron chi connectivity index (χ2n) is 5.34. The average molecular weight is 339 g/mol. The van der Waals surface area contributed by atoms with Crippen LogP contribution in [0, 0.1) is 17.6 Å². The summed E-state index contributed by atoms with van der Waals surface area (Å²) in [6.07, 6.45) is 1.00. The summed E-state index contributed by atoms with van der Waals surface area (Å²) in [5.41, 5.74) is 2.14. The highest BCUT2D eigenvalue weighted by molar-refractivity contribution is 9.09. The van der Waals surface area contributed by atoms with Crippen molar-refractivity contribution >= 4 is 15.9 Å². The maximum absolute atomic E-state index is 13.8. The predicted molar refractivity (Wildman–Crippen MR) is 82.1 cm³/mol. The van der Waals surface area contributed by atoms with E-state index >= 15 is 0 Å². The number of hydrogen-bond acceptors (Lipinski definition) is 0. The Morgan fingerprint density at radius 2 is 1.50 bits per heavy atom. The normalized spacial score (nSPS) is 12.7. The van der Waals surface area contributed by atoms with Gasteiger partial charge in [-0.15, -0.1) is 0 Å². The van der Waals surface area contributed by atoms with Crippen molar-refractivity contribution in [3.63, 3.8) is 0 Å². The Balaban J connectivity index is 2.27. The molecule has 1 unspecified atom stereocenters. The lowest BCUT2D eigenvalue weighted by molar-refractivity contribution is 0.561. The van der Waals surface area contributed by atoms with Gasteiger partial charge in [-0.3, -0.25) is 0 Å². The van der Waals surface area contributed by atoms with Crippen LogP contribution in [0.15, 0.2) is 42.5 Å². The molecule has 0 spiro atoms. The molecule has 0 saturated heterocycles. The Bertz CT molecular complexity index is 556. The van der Waals surface area contributed by atoms with Gasteiger partial charge in [0, 0.05) is 5.56 Å². The van der Waals surface area contributed by atoms with Gasteiger partial charge in [-0.25, -0.2) is 8.78 Å². The summed E-state index contributed by atoms with van der Waals surface area (Å²) < 4.78 is 27.5. The van der Waals surface area contributed by atoms with Gasteiger partial charge in [0.2, 0.25) is 0 Å². The van der Waals surface area contributed by atoms with Gasteiger partial charge >= 0.3 is 0 Å². The van der Waals surface area contributed by atoms with Crippen LogP contribution < -0.4 is 0 Å². The highest BCUT2D eigenvalue weighted by Gasteiger charge is 2.19. The summed E-state index contributed by atoms with van der Waals surface area (Å²) in [6.45, 7) is 4.33. The summed E-state index contributed by atoms with van der Waals surface area (Å²) in [7, 11) is 0. The summed E-state index contributed by atoms with van der Waals surface area (Å²) >= 11 is 3.39. The van der Waals surface area contributed by atoms with Crippen LogP contribution in [0.5, 0.6) is 0 Å². The van der Waals surface area contributed by atoms with Crippen molar-refractivity contribution < 1.29 is 8.78 Å². The molecule has 0 heterocycles. The molecule has 0 aliphatic heterocycles. The van der Waals surface area contributed by atoms with Gasteiger partial charge in [0.05, 0.1) is 4.83 Å². The van der Waals surface area contributed by atoms with Crippen LogP contribution in [0.1, 0.15) is 35.4 Å². The Kier molecular flexibility index (Phi) is 4.92. The van der Waals surface area contributed by atoms with Crippen LogP contribution in [-0.4, -0.2) is 0 Å². The van der Waals surface area contributed by atoms with E-state index in [1.165, 1.54) is 23.8 Å². The van der Waals surface area contributed by atoms with E-state index in [0.717, 1.165) is 12.0 Å².